The lowest BCUT2D eigenvalue weighted by molar-refractivity contribution is 0.403. The zero-order valence-corrected chi connectivity index (χ0v) is 12.3. The minimum atomic E-state index is 0.323. The minimum absolute atomic E-state index is 0.323. The molecule has 1 aromatic heterocycles. The maximum Gasteiger partial charge on any atom is 0.302 e. The molecule has 0 amide bonds. The molecule has 100 valence electrons. The van der Waals surface area contributed by atoms with Crippen LogP contribution >= 0.6 is 23.8 Å². The van der Waals surface area contributed by atoms with E-state index >= 15 is 0 Å². The van der Waals surface area contributed by atoms with Crippen molar-refractivity contribution in [1.29, 1.82) is 0 Å². The zero-order valence-electron chi connectivity index (χ0n) is 10.7. The zero-order chi connectivity index (χ0) is 14.1. The van der Waals surface area contributed by atoms with Gasteiger partial charge in [0.15, 0.2) is 5.82 Å². The lowest BCUT2D eigenvalue weighted by atomic mass is 10.1. The molecule has 0 aliphatic heterocycles. The Morgan fingerprint density at radius 3 is 2.50 bits per heavy atom. The summed E-state index contributed by atoms with van der Waals surface area (Å²) in [5.74, 6) is 0.668. The van der Waals surface area contributed by atoms with E-state index in [2.05, 4.69) is 5.16 Å². The van der Waals surface area contributed by atoms with Gasteiger partial charge < -0.3 is 4.52 Å². The molecule has 2 aromatic carbocycles. The van der Waals surface area contributed by atoms with Crippen LogP contribution in [0.1, 0.15) is 5.56 Å². The largest absolute Gasteiger partial charge is 0.323 e. The maximum atomic E-state index is 5.92. The summed E-state index contributed by atoms with van der Waals surface area (Å²) < 4.78 is 7.01. The van der Waals surface area contributed by atoms with E-state index in [0.29, 0.717) is 15.7 Å². The number of halogens is 1. The molecule has 0 aliphatic rings. The summed E-state index contributed by atoms with van der Waals surface area (Å²) >= 11 is 11.2. The maximum absolute atomic E-state index is 5.92. The summed E-state index contributed by atoms with van der Waals surface area (Å²) in [6, 6.07) is 15.4. The molecule has 0 unspecified atom stereocenters. The second-order valence-electron chi connectivity index (χ2n) is 4.40. The second-order valence-corrected chi connectivity index (χ2v) is 5.19. The Balaban J connectivity index is 2.23. The molecule has 0 N–H and O–H groups in total. The fourth-order valence-corrected chi connectivity index (χ4v) is 2.41. The molecule has 0 atom stereocenters. The van der Waals surface area contributed by atoms with E-state index in [4.69, 9.17) is 28.3 Å². The first kappa shape index (κ1) is 13.1. The van der Waals surface area contributed by atoms with Crippen LogP contribution in [0.2, 0.25) is 5.02 Å². The van der Waals surface area contributed by atoms with E-state index < -0.39 is 0 Å². The third-order valence-corrected chi connectivity index (χ3v) is 3.57. The monoisotopic (exact) mass is 302 g/mol. The van der Waals surface area contributed by atoms with Gasteiger partial charge in [-0.05, 0) is 55.0 Å². The molecule has 0 aliphatic carbocycles. The van der Waals surface area contributed by atoms with E-state index in [-0.39, 0.29) is 0 Å². The van der Waals surface area contributed by atoms with Crippen molar-refractivity contribution in [1.82, 2.24) is 9.72 Å². The third-order valence-electron chi connectivity index (χ3n) is 3.06. The molecule has 0 fully saturated rings. The van der Waals surface area contributed by atoms with Crippen LogP contribution in [0.5, 0.6) is 0 Å². The van der Waals surface area contributed by atoms with Crippen LogP contribution in [0, 0.1) is 11.8 Å². The molecule has 0 bridgehead atoms. The SMILES string of the molecule is Cc1ccccc1-n1c(-c2ccc(Cl)cc2)noc1=S. The Labute approximate surface area is 126 Å². The van der Waals surface area contributed by atoms with Crippen molar-refractivity contribution >= 4 is 23.8 Å². The van der Waals surface area contributed by atoms with Gasteiger partial charge in [0.2, 0.25) is 0 Å². The smallest absolute Gasteiger partial charge is 0.302 e. The predicted molar refractivity (Wildman–Crippen MR) is 81.8 cm³/mol. The summed E-state index contributed by atoms with van der Waals surface area (Å²) in [4.78, 5) is 0.323. The lowest BCUT2D eigenvalue weighted by Gasteiger charge is -2.08. The molecular formula is C15H11ClN2OS. The third kappa shape index (κ3) is 2.28. The molecular weight excluding hydrogens is 292 g/mol. The van der Waals surface area contributed by atoms with Crippen LogP contribution in [0.3, 0.4) is 0 Å². The normalized spacial score (nSPS) is 10.7. The molecule has 0 spiro atoms. The Bertz CT molecular complexity index is 805. The summed E-state index contributed by atoms with van der Waals surface area (Å²) in [5, 5.41) is 4.75. The Morgan fingerprint density at radius 1 is 1.10 bits per heavy atom. The number of hydrogen-bond donors (Lipinski definition) is 0. The molecule has 3 aromatic rings. The fraction of sp³-hybridized carbons (Fsp3) is 0.0667. The van der Waals surface area contributed by atoms with E-state index in [1.54, 1.807) is 0 Å². The van der Waals surface area contributed by atoms with Gasteiger partial charge in [-0.25, -0.2) is 4.57 Å². The highest BCUT2D eigenvalue weighted by Gasteiger charge is 2.13. The van der Waals surface area contributed by atoms with Crippen molar-refractivity contribution in [3.05, 3.63) is 64.0 Å². The van der Waals surface area contributed by atoms with Crippen LogP contribution in [-0.4, -0.2) is 9.72 Å². The molecule has 5 heteroatoms. The van der Waals surface area contributed by atoms with Gasteiger partial charge in [0, 0.05) is 10.6 Å². The van der Waals surface area contributed by atoms with Gasteiger partial charge in [-0.3, -0.25) is 0 Å². The highest BCUT2D eigenvalue weighted by Crippen LogP contribution is 2.25. The average molecular weight is 303 g/mol. The molecule has 20 heavy (non-hydrogen) atoms. The number of rotatable bonds is 2. The van der Waals surface area contributed by atoms with Gasteiger partial charge in [-0.2, -0.15) is 0 Å². The first-order valence-electron chi connectivity index (χ1n) is 6.07. The fourth-order valence-electron chi connectivity index (χ4n) is 2.06. The number of aryl methyl sites for hydroxylation is 1. The molecule has 0 saturated carbocycles. The minimum Gasteiger partial charge on any atom is -0.323 e. The highest BCUT2D eigenvalue weighted by atomic mass is 35.5. The number of benzene rings is 2. The van der Waals surface area contributed by atoms with Crippen molar-refractivity contribution < 1.29 is 4.52 Å². The van der Waals surface area contributed by atoms with Gasteiger partial charge in [0.25, 0.3) is 0 Å². The van der Waals surface area contributed by atoms with Gasteiger partial charge in [-0.1, -0.05) is 35.0 Å². The Hall–Kier alpha value is -1.91. The number of aromatic nitrogens is 2. The molecule has 0 radical (unpaired) electrons. The molecule has 0 saturated heterocycles. The number of para-hydroxylation sites is 1. The summed E-state index contributed by atoms with van der Waals surface area (Å²) in [6.07, 6.45) is 0. The second kappa shape index (κ2) is 5.23. The highest BCUT2D eigenvalue weighted by molar-refractivity contribution is 7.71. The summed E-state index contributed by atoms with van der Waals surface area (Å²) in [6.45, 7) is 2.02. The van der Waals surface area contributed by atoms with E-state index in [0.717, 1.165) is 16.8 Å². The Kier molecular flexibility index (Phi) is 3.42. The summed E-state index contributed by atoms with van der Waals surface area (Å²) in [7, 11) is 0. The first-order chi connectivity index (χ1) is 9.66. The van der Waals surface area contributed by atoms with Crippen LogP contribution in [0.4, 0.5) is 0 Å². The van der Waals surface area contributed by atoms with E-state index in [1.807, 2.05) is 60.0 Å². The first-order valence-corrected chi connectivity index (χ1v) is 6.86. The quantitative estimate of drug-likeness (QED) is 0.636. The number of hydrogen-bond acceptors (Lipinski definition) is 3. The standard InChI is InChI=1S/C15H11ClN2OS/c1-10-4-2-3-5-13(10)18-14(17-19-15(18)20)11-6-8-12(16)9-7-11/h2-9H,1H3. The topological polar surface area (TPSA) is 31.0 Å². The van der Waals surface area contributed by atoms with Crippen molar-refractivity contribution in [2.75, 3.05) is 0 Å². The van der Waals surface area contributed by atoms with Crippen molar-refractivity contribution in [2.45, 2.75) is 6.92 Å². The average Bonchev–Trinajstić information content (AvgIpc) is 2.82. The predicted octanol–water partition coefficient (Wildman–Crippen LogP) is 4.82. The van der Waals surface area contributed by atoms with Crippen molar-refractivity contribution in [3.63, 3.8) is 0 Å². The Morgan fingerprint density at radius 2 is 1.80 bits per heavy atom. The molecule has 3 nitrogen and oxygen atoms in total. The van der Waals surface area contributed by atoms with Crippen LogP contribution in [-0.2, 0) is 0 Å². The lowest BCUT2D eigenvalue weighted by Crippen LogP contribution is -1.99. The van der Waals surface area contributed by atoms with E-state index in [1.165, 1.54) is 0 Å². The van der Waals surface area contributed by atoms with Crippen molar-refractivity contribution in [3.8, 4) is 17.1 Å². The molecule has 1 heterocycles. The van der Waals surface area contributed by atoms with Gasteiger partial charge in [0.1, 0.15) is 0 Å². The van der Waals surface area contributed by atoms with Gasteiger partial charge >= 0.3 is 4.84 Å². The van der Waals surface area contributed by atoms with Gasteiger partial charge in [0.05, 0.1) is 5.69 Å². The van der Waals surface area contributed by atoms with Gasteiger partial charge in [-0.15, -0.1) is 0 Å². The molecule has 3 rings (SSSR count). The summed E-state index contributed by atoms with van der Waals surface area (Å²) in [5.41, 5.74) is 2.96. The van der Waals surface area contributed by atoms with Crippen LogP contribution in [0.15, 0.2) is 53.1 Å². The van der Waals surface area contributed by atoms with Crippen LogP contribution in [0.25, 0.3) is 17.1 Å². The number of nitrogens with zero attached hydrogens (tertiary/aromatic N) is 2. The van der Waals surface area contributed by atoms with E-state index in [9.17, 15) is 0 Å². The van der Waals surface area contributed by atoms with Crippen molar-refractivity contribution in [2.24, 2.45) is 0 Å². The van der Waals surface area contributed by atoms with Crippen LogP contribution < -0.4 is 0 Å².